The standard InChI is InChI=1S/C26H33N5O2/c1-4-29-16-15-23-21(18-29)22(28-31(23)24-13-9-10-14-25(24)33-3)19-30(5-2)26(32)27-17-20-11-7-6-8-12-20/h6-14H,4-5,15-19H2,1-3H3,(H,27,32). The first-order valence-corrected chi connectivity index (χ1v) is 11.7. The lowest BCUT2D eigenvalue weighted by Gasteiger charge is -2.27. The van der Waals surface area contributed by atoms with E-state index in [4.69, 9.17) is 9.84 Å². The van der Waals surface area contributed by atoms with Crippen LogP contribution in [-0.2, 0) is 26.1 Å². The van der Waals surface area contributed by atoms with Crippen molar-refractivity contribution < 1.29 is 9.53 Å². The number of urea groups is 1. The molecule has 1 aromatic heterocycles. The van der Waals surface area contributed by atoms with E-state index in [1.807, 2.05) is 71.1 Å². The summed E-state index contributed by atoms with van der Waals surface area (Å²) in [6, 6.07) is 17.9. The predicted molar refractivity (Wildman–Crippen MR) is 130 cm³/mol. The molecule has 0 atom stereocenters. The number of hydrogen-bond acceptors (Lipinski definition) is 4. The van der Waals surface area contributed by atoms with Crippen molar-refractivity contribution in [2.75, 3.05) is 26.7 Å². The number of fused-ring (bicyclic) bond motifs is 1. The third kappa shape index (κ3) is 5.03. The van der Waals surface area contributed by atoms with E-state index in [9.17, 15) is 4.79 Å². The summed E-state index contributed by atoms with van der Waals surface area (Å²) in [4.78, 5) is 17.2. The number of methoxy groups -OCH3 is 1. The predicted octanol–water partition coefficient (Wildman–Crippen LogP) is 3.99. The number of amides is 2. The van der Waals surface area contributed by atoms with Crippen LogP contribution in [0.5, 0.6) is 5.75 Å². The molecule has 2 aromatic carbocycles. The van der Waals surface area contributed by atoms with Gasteiger partial charge < -0.3 is 15.0 Å². The number of likely N-dealkylation sites (N-methyl/N-ethyl adjacent to an activating group) is 1. The molecule has 0 radical (unpaired) electrons. The van der Waals surface area contributed by atoms with Crippen molar-refractivity contribution in [2.45, 2.75) is 39.9 Å². The van der Waals surface area contributed by atoms with Crippen LogP contribution in [0.2, 0.25) is 0 Å². The van der Waals surface area contributed by atoms with Gasteiger partial charge in [-0.2, -0.15) is 5.10 Å². The quantitative estimate of drug-likeness (QED) is 0.567. The average molecular weight is 448 g/mol. The maximum atomic E-state index is 13.0. The van der Waals surface area contributed by atoms with Gasteiger partial charge in [-0.25, -0.2) is 9.48 Å². The lowest BCUT2D eigenvalue weighted by atomic mass is 10.0. The number of para-hydroxylation sites is 2. The summed E-state index contributed by atoms with van der Waals surface area (Å²) < 4.78 is 7.63. The fourth-order valence-electron chi connectivity index (χ4n) is 4.34. The number of hydrogen-bond donors (Lipinski definition) is 1. The Morgan fingerprint density at radius 1 is 1.12 bits per heavy atom. The van der Waals surface area contributed by atoms with Crippen molar-refractivity contribution >= 4 is 6.03 Å². The molecule has 0 saturated carbocycles. The number of carbonyl (C=O) groups is 1. The highest BCUT2D eigenvalue weighted by atomic mass is 16.5. The highest BCUT2D eigenvalue weighted by Crippen LogP contribution is 2.30. The summed E-state index contributed by atoms with van der Waals surface area (Å²) in [6.07, 6.45) is 0.917. The smallest absolute Gasteiger partial charge is 0.318 e. The van der Waals surface area contributed by atoms with Gasteiger partial charge in [0.2, 0.25) is 0 Å². The van der Waals surface area contributed by atoms with Crippen LogP contribution in [0.25, 0.3) is 5.69 Å². The van der Waals surface area contributed by atoms with Crippen LogP contribution < -0.4 is 10.1 Å². The van der Waals surface area contributed by atoms with E-state index < -0.39 is 0 Å². The summed E-state index contributed by atoms with van der Waals surface area (Å²) in [5, 5.41) is 8.07. The summed E-state index contributed by atoms with van der Waals surface area (Å²) in [5.41, 5.74) is 5.40. The molecule has 174 valence electrons. The first kappa shape index (κ1) is 22.9. The molecule has 0 spiro atoms. The second-order valence-corrected chi connectivity index (χ2v) is 8.23. The van der Waals surface area contributed by atoms with Crippen LogP contribution in [0.1, 0.15) is 36.4 Å². The Morgan fingerprint density at radius 3 is 2.61 bits per heavy atom. The van der Waals surface area contributed by atoms with Crippen molar-refractivity contribution in [2.24, 2.45) is 0 Å². The van der Waals surface area contributed by atoms with Gasteiger partial charge in [-0.05, 0) is 31.2 Å². The molecule has 7 heteroatoms. The first-order chi connectivity index (χ1) is 16.1. The third-order valence-electron chi connectivity index (χ3n) is 6.28. The number of rotatable bonds is 8. The summed E-state index contributed by atoms with van der Waals surface area (Å²) >= 11 is 0. The molecule has 1 aliphatic heterocycles. The minimum absolute atomic E-state index is 0.0786. The second-order valence-electron chi connectivity index (χ2n) is 8.23. The van der Waals surface area contributed by atoms with E-state index in [1.54, 1.807) is 7.11 Å². The van der Waals surface area contributed by atoms with Gasteiger partial charge >= 0.3 is 6.03 Å². The van der Waals surface area contributed by atoms with Gasteiger partial charge in [-0.1, -0.05) is 49.4 Å². The molecule has 0 saturated heterocycles. The van der Waals surface area contributed by atoms with E-state index in [1.165, 1.54) is 11.3 Å². The third-order valence-corrected chi connectivity index (χ3v) is 6.28. The van der Waals surface area contributed by atoms with Crippen LogP contribution >= 0.6 is 0 Å². The Hall–Kier alpha value is -3.32. The van der Waals surface area contributed by atoms with Gasteiger partial charge in [0, 0.05) is 38.2 Å². The van der Waals surface area contributed by atoms with Crippen molar-refractivity contribution in [1.82, 2.24) is 24.9 Å². The minimum Gasteiger partial charge on any atom is -0.494 e. The number of benzene rings is 2. The maximum absolute atomic E-state index is 13.0. The highest BCUT2D eigenvalue weighted by Gasteiger charge is 2.27. The van der Waals surface area contributed by atoms with Crippen molar-refractivity contribution in [3.05, 3.63) is 77.1 Å². The van der Waals surface area contributed by atoms with Crippen LogP contribution in [-0.4, -0.2) is 52.4 Å². The Morgan fingerprint density at radius 2 is 1.88 bits per heavy atom. The molecule has 2 amide bonds. The number of nitrogens with one attached hydrogen (secondary N) is 1. The largest absolute Gasteiger partial charge is 0.494 e. The molecule has 4 rings (SSSR count). The topological polar surface area (TPSA) is 62.6 Å². The monoisotopic (exact) mass is 447 g/mol. The fourth-order valence-corrected chi connectivity index (χ4v) is 4.34. The molecule has 7 nitrogen and oxygen atoms in total. The lowest BCUT2D eigenvalue weighted by molar-refractivity contribution is 0.196. The van der Waals surface area contributed by atoms with E-state index in [0.29, 0.717) is 19.6 Å². The Balaban J connectivity index is 1.60. The first-order valence-electron chi connectivity index (χ1n) is 11.7. The zero-order valence-corrected chi connectivity index (χ0v) is 19.8. The molecular weight excluding hydrogens is 414 g/mol. The number of ether oxygens (including phenoxy) is 1. The Bertz CT molecular complexity index is 1080. The Labute approximate surface area is 196 Å². The number of nitrogens with zero attached hydrogens (tertiary/aromatic N) is 4. The number of carbonyl (C=O) groups excluding carboxylic acids is 1. The van der Waals surface area contributed by atoms with Crippen molar-refractivity contribution in [1.29, 1.82) is 0 Å². The Kier molecular flexibility index (Phi) is 7.29. The summed E-state index contributed by atoms with van der Waals surface area (Å²) in [6.45, 7) is 8.61. The summed E-state index contributed by atoms with van der Waals surface area (Å²) in [7, 11) is 1.68. The van der Waals surface area contributed by atoms with Crippen molar-refractivity contribution in [3.8, 4) is 11.4 Å². The van der Waals surface area contributed by atoms with E-state index in [2.05, 4.69) is 17.1 Å². The van der Waals surface area contributed by atoms with E-state index in [-0.39, 0.29) is 6.03 Å². The van der Waals surface area contributed by atoms with Gasteiger partial charge in [-0.15, -0.1) is 0 Å². The molecule has 1 aliphatic rings. The SMILES string of the molecule is CCN1CCc2c(c(CN(CC)C(=O)NCc3ccccc3)nn2-c2ccccc2OC)C1. The molecular formula is C26H33N5O2. The molecule has 0 bridgehead atoms. The zero-order chi connectivity index (χ0) is 23.2. The van der Waals surface area contributed by atoms with Gasteiger partial charge in [0.15, 0.2) is 0 Å². The molecule has 0 fully saturated rings. The van der Waals surface area contributed by atoms with Gasteiger partial charge in [-0.3, -0.25) is 4.90 Å². The normalized spacial score (nSPS) is 13.4. The van der Waals surface area contributed by atoms with Crippen LogP contribution in [0.15, 0.2) is 54.6 Å². The summed E-state index contributed by atoms with van der Waals surface area (Å²) in [5.74, 6) is 0.792. The molecule has 33 heavy (non-hydrogen) atoms. The van der Waals surface area contributed by atoms with E-state index in [0.717, 1.165) is 48.7 Å². The van der Waals surface area contributed by atoms with Crippen molar-refractivity contribution in [3.63, 3.8) is 0 Å². The van der Waals surface area contributed by atoms with Crippen LogP contribution in [0.3, 0.4) is 0 Å². The van der Waals surface area contributed by atoms with Crippen LogP contribution in [0.4, 0.5) is 4.79 Å². The fraction of sp³-hybridized carbons (Fsp3) is 0.385. The highest BCUT2D eigenvalue weighted by molar-refractivity contribution is 5.74. The molecule has 3 aromatic rings. The average Bonchev–Trinajstić information content (AvgIpc) is 3.23. The van der Waals surface area contributed by atoms with Gasteiger partial charge in [0.05, 0.1) is 25.0 Å². The zero-order valence-electron chi connectivity index (χ0n) is 19.8. The number of aromatic nitrogens is 2. The van der Waals surface area contributed by atoms with Gasteiger partial charge in [0.25, 0.3) is 0 Å². The van der Waals surface area contributed by atoms with E-state index >= 15 is 0 Å². The second kappa shape index (κ2) is 10.5. The molecule has 1 N–H and O–H groups in total. The molecule has 0 aliphatic carbocycles. The molecule has 2 heterocycles. The van der Waals surface area contributed by atoms with Gasteiger partial charge in [0.1, 0.15) is 11.4 Å². The maximum Gasteiger partial charge on any atom is 0.318 e. The lowest BCUT2D eigenvalue weighted by Crippen LogP contribution is -2.39. The molecule has 0 unspecified atom stereocenters. The van der Waals surface area contributed by atoms with Crippen LogP contribution in [0, 0.1) is 0 Å². The minimum atomic E-state index is -0.0786.